The van der Waals surface area contributed by atoms with Crippen LogP contribution in [0.3, 0.4) is 0 Å². The molecule has 0 aromatic rings. The van der Waals surface area contributed by atoms with Crippen molar-refractivity contribution < 1.29 is 42.1 Å². The van der Waals surface area contributed by atoms with Crippen molar-refractivity contribution in [2.75, 3.05) is 13.7 Å². The lowest BCUT2D eigenvalue weighted by Gasteiger charge is -2.27. The van der Waals surface area contributed by atoms with Gasteiger partial charge < -0.3 is 18.9 Å². The van der Waals surface area contributed by atoms with Crippen LogP contribution in [0, 0.1) is 5.92 Å². The molecule has 0 bridgehead atoms. The van der Waals surface area contributed by atoms with Crippen molar-refractivity contribution in [1.29, 1.82) is 0 Å². The fourth-order valence-corrected chi connectivity index (χ4v) is 5.07. The normalized spacial score (nSPS) is 25.3. The lowest BCUT2D eigenvalue weighted by atomic mass is 9.91. The van der Waals surface area contributed by atoms with E-state index in [0.717, 1.165) is 50.5 Å². The van der Waals surface area contributed by atoms with E-state index < -0.39 is 42.6 Å². The molecule has 7 nitrogen and oxygen atoms in total. The Hall–Kier alpha value is -1.87. The number of ether oxygens (including phenoxy) is 4. The number of allylic oxidation sites excluding steroid dienone is 1. The van der Waals surface area contributed by atoms with Gasteiger partial charge in [-0.15, -0.1) is 0 Å². The van der Waals surface area contributed by atoms with Crippen LogP contribution in [0.25, 0.3) is 0 Å². The van der Waals surface area contributed by atoms with Crippen LogP contribution >= 0.6 is 0 Å². The number of methoxy groups -OCH3 is 1. The second-order valence-corrected chi connectivity index (χ2v) is 10.1. The SMILES string of the molecule is CCCCC(F)(F)C(=O)CC=C1C(CCCCCCC(=O)OC)[C@@H](OC(C)=O)C[C@H]1OC1CCCCO1. The van der Waals surface area contributed by atoms with Crippen molar-refractivity contribution in [2.45, 2.75) is 128 Å². The van der Waals surface area contributed by atoms with Crippen molar-refractivity contribution in [2.24, 2.45) is 5.92 Å². The number of hydrogen-bond acceptors (Lipinski definition) is 7. The summed E-state index contributed by atoms with van der Waals surface area (Å²) in [5.41, 5.74) is 0.745. The molecule has 2 rings (SSSR count). The van der Waals surface area contributed by atoms with E-state index >= 15 is 0 Å². The molecule has 212 valence electrons. The van der Waals surface area contributed by atoms with Crippen LogP contribution in [0.15, 0.2) is 11.6 Å². The van der Waals surface area contributed by atoms with Gasteiger partial charge in [0.15, 0.2) is 6.29 Å². The zero-order valence-corrected chi connectivity index (χ0v) is 22.6. The van der Waals surface area contributed by atoms with Gasteiger partial charge in [0, 0.05) is 45.1 Å². The molecule has 0 N–H and O–H groups in total. The van der Waals surface area contributed by atoms with Crippen LogP contribution in [-0.2, 0) is 33.3 Å². The Kier molecular flexibility index (Phi) is 13.7. The Labute approximate surface area is 219 Å². The third-order valence-corrected chi connectivity index (χ3v) is 7.12. The number of alkyl halides is 2. The summed E-state index contributed by atoms with van der Waals surface area (Å²) in [5, 5.41) is 0. The molecule has 2 aliphatic rings. The molecule has 1 aliphatic carbocycles. The highest BCUT2D eigenvalue weighted by Crippen LogP contribution is 2.41. The van der Waals surface area contributed by atoms with E-state index in [1.54, 1.807) is 6.08 Å². The summed E-state index contributed by atoms with van der Waals surface area (Å²) in [5.74, 6) is -5.34. The molecule has 0 aromatic heterocycles. The molecule has 1 saturated carbocycles. The summed E-state index contributed by atoms with van der Waals surface area (Å²) >= 11 is 0. The zero-order chi connectivity index (χ0) is 27.3. The monoisotopic (exact) mass is 530 g/mol. The molecular formula is C28H44F2O7. The summed E-state index contributed by atoms with van der Waals surface area (Å²) in [4.78, 5) is 35.6. The lowest BCUT2D eigenvalue weighted by molar-refractivity contribution is -0.181. The number of Topliss-reactive ketones (excluding diaryl/α,β-unsaturated/α-hetero) is 1. The minimum absolute atomic E-state index is 0.227. The second-order valence-electron chi connectivity index (χ2n) is 10.1. The highest BCUT2D eigenvalue weighted by molar-refractivity contribution is 5.86. The number of halogens is 2. The van der Waals surface area contributed by atoms with Gasteiger partial charge in [0.05, 0.1) is 13.2 Å². The van der Waals surface area contributed by atoms with Gasteiger partial charge >= 0.3 is 17.9 Å². The molecule has 1 heterocycles. The zero-order valence-electron chi connectivity index (χ0n) is 22.6. The van der Waals surface area contributed by atoms with Crippen molar-refractivity contribution >= 4 is 17.7 Å². The minimum atomic E-state index is -3.36. The summed E-state index contributed by atoms with van der Waals surface area (Å²) in [7, 11) is 1.37. The molecule has 0 radical (unpaired) electrons. The molecule has 4 atom stereocenters. The molecule has 37 heavy (non-hydrogen) atoms. The van der Waals surface area contributed by atoms with Gasteiger partial charge in [0.2, 0.25) is 5.78 Å². The summed E-state index contributed by atoms with van der Waals surface area (Å²) in [6.07, 6.45) is 7.62. The molecule has 1 aliphatic heterocycles. The number of unbranched alkanes of at least 4 members (excludes halogenated alkanes) is 4. The van der Waals surface area contributed by atoms with Gasteiger partial charge in [-0.3, -0.25) is 14.4 Å². The quantitative estimate of drug-likeness (QED) is 0.136. The van der Waals surface area contributed by atoms with Gasteiger partial charge in [-0.05, 0) is 44.1 Å². The molecule has 0 aromatic carbocycles. The number of ketones is 1. The number of carbonyl (C=O) groups is 3. The topological polar surface area (TPSA) is 88.1 Å². The highest BCUT2D eigenvalue weighted by Gasteiger charge is 2.43. The van der Waals surface area contributed by atoms with Crippen LogP contribution in [0.2, 0.25) is 0 Å². The Bertz CT molecular complexity index is 762. The first-order valence-electron chi connectivity index (χ1n) is 13.8. The Morgan fingerprint density at radius 1 is 1.11 bits per heavy atom. The van der Waals surface area contributed by atoms with Gasteiger partial charge in [-0.25, -0.2) is 0 Å². The first kappa shape index (κ1) is 31.3. The largest absolute Gasteiger partial charge is 0.469 e. The van der Waals surface area contributed by atoms with E-state index in [2.05, 4.69) is 4.74 Å². The average molecular weight is 531 g/mol. The molecule has 9 heteroatoms. The molecule has 0 amide bonds. The Balaban J connectivity index is 2.14. The molecule has 0 spiro atoms. The van der Waals surface area contributed by atoms with Crippen LogP contribution in [-0.4, -0.2) is 55.9 Å². The minimum Gasteiger partial charge on any atom is -0.469 e. The molecular weight excluding hydrogens is 486 g/mol. The smallest absolute Gasteiger partial charge is 0.305 e. The average Bonchev–Trinajstić information content (AvgIpc) is 3.18. The van der Waals surface area contributed by atoms with Crippen LogP contribution in [0.5, 0.6) is 0 Å². The third kappa shape index (κ3) is 10.8. The van der Waals surface area contributed by atoms with Crippen molar-refractivity contribution in [3.63, 3.8) is 0 Å². The van der Waals surface area contributed by atoms with Crippen molar-refractivity contribution in [3.05, 3.63) is 11.6 Å². The van der Waals surface area contributed by atoms with Gasteiger partial charge in [-0.2, -0.15) is 8.78 Å². The van der Waals surface area contributed by atoms with Gasteiger partial charge in [0.1, 0.15) is 6.10 Å². The third-order valence-electron chi connectivity index (χ3n) is 7.12. The van der Waals surface area contributed by atoms with E-state index in [1.807, 2.05) is 6.92 Å². The first-order valence-corrected chi connectivity index (χ1v) is 13.8. The number of esters is 2. The Morgan fingerprint density at radius 2 is 1.86 bits per heavy atom. The van der Waals surface area contributed by atoms with Gasteiger partial charge in [-0.1, -0.05) is 38.7 Å². The number of carbonyl (C=O) groups excluding carboxylic acids is 3. The van der Waals surface area contributed by atoms with E-state index in [0.29, 0.717) is 32.3 Å². The van der Waals surface area contributed by atoms with Crippen molar-refractivity contribution in [3.8, 4) is 0 Å². The maximum Gasteiger partial charge on any atom is 0.305 e. The predicted octanol–water partition coefficient (Wildman–Crippen LogP) is 6.07. The summed E-state index contributed by atoms with van der Waals surface area (Å²) in [6, 6.07) is 0. The van der Waals surface area contributed by atoms with Crippen LogP contribution in [0.1, 0.15) is 104 Å². The highest BCUT2D eigenvalue weighted by atomic mass is 19.3. The maximum absolute atomic E-state index is 14.4. The Morgan fingerprint density at radius 3 is 2.51 bits per heavy atom. The predicted molar refractivity (Wildman–Crippen MR) is 134 cm³/mol. The van der Waals surface area contributed by atoms with Crippen molar-refractivity contribution in [1.82, 2.24) is 0 Å². The van der Waals surface area contributed by atoms with E-state index in [9.17, 15) is 23.2 Å². The van der Waals surface area contributed by atoms with Gasteiger partial charge in [0.25, 0.3) is 0 Å². The second kappa shape index (κ2) is 16.2. The fourth-order valence-electron chi connectivity index (χ4n) is 5.07. The van der Waals surface area contributed by atoms with Crippen LogP contribution < -0.4 is 0 Å². The molecule has 2 unspecified atom stereocenters. The number of hydrogen-bond donors (Lipinski definition) is 0. The van der Waals surface area contributed by atoms with E-state index in [-0.39, 0.29) is 24.7 Å². The van der Waals surface area contributed by atoms with E-state index in [4.69, 9.17) is 14.2 Å². The fraction of sp³-hybridized carbons (Fsp3) is 0.821. The number of rotatable bonds is 16. The first-order chi connectivity index (χ1) is 17.7. The molecule has 1 saturated heterocycles. The summed E-state index contributed by atoms with van der Waals surface area (Å²) < 4.78 is 51.0. The summed E-state index contributed by atoms with van der Waals surface area (Å²) in [6.45, 7) is 3.76. The van der Waals surface area contributed by atoms with Crippen LogP contribution in [0.4, 0.5) is 8.78 Å². The maximum atomic E-state index is 14.4. The lowest BCUT2D eigenvalue weighted by Crippen LogP contribution is -2.29. The van der Waals surface area contributed by atoms with E-state index in [1.165, 1.54) is 14.0 Å². The standard InChI is InChI=1S/C28H44F2O7/c1-4-5-17-28(29,30)25(32)16-15-22-21(12-8-6-7-9-13-26(33)34-3)23(36-20(2)31)19-24(22)37-27-14-10-11-18-35-27/h15,21,23-24,27H,4-14,16-19H2,1-3H3/t21?,23-,24+,27?/m0/s1. The molecule has 2 fully saturated rings.